The summed E-state index contributed by atoms with van der Waals surface area (Å²) >= 11 is 0. The molecule has 6 aliphatic carbocycles. The molecule has 0 bridgehead atoms. The molecule has 0 spiro atoms. The van der Waals surface area contributed by atoms with Gasteiger partial charge in [0, 0.05) is 59.0 Å². The molecule has 4 unspecified atom stereocenters. The van der Waals surface area contributed by atoms with E-state index in [4.69, 9.17) is 0 Å². The van der Waals surface area contributed by atoms with Crippen molar-refractivity contribution in [3.63, 3.8) is 0 Å². The summed E-state index contributed by atoms with van der Waals surface area (Å²) < 4.78 is 0. The van der Waals surface area contributed by atoms with Crippen molar-refractivity contribution in [3.05, 3.63) is 198 Å². The van der Waals surface area contributed by atoms with E-state index in [-0.39, 0.29) is 0 Å². The fraction of sp³-hybridized carbons (Fsp3) is 0.208. The highest BCUT2D eigenvalue weighted by molar-refractivity contribution is 5.95. The van der Waals surface area contributed by atoms with Crippen molar-refractivity contribution < 1.29 is 0 Å². The molecule has 10 rings (SSSR count). The Morgan fingerprint density at radius 3 is 2.26 bits per heavy atom. The molecule has 0 aliphatic heterocycles. The molecule has 2 saturated carbocycles. The van der Waals surface area contributed by atoms with E-state index in [9.17, 15) is 0 Å². The maximum Gasteiger partial charge on any atom is 0.0491 e. The minimum atomic E-state index is 0.515. The molecule has 4 aromatic carbocycles. The number of nitrogens with zero attached hydrogens (tertiary/aromatic N) is 2. The third-order valence-corrected chi connectivity index (χ3v) is 11.5. The Morgan fingerprint density at radius 1 is 0.640 bits per heavy atom. The molecular formula is C48H44N2. The first-order chi connectivity index (χ1) is 24.7. The van der Waals surface area contributed by atoms with Crippen LogP contribution in [0.3, 0.4) is 0 Å². The Balaban J connectivity index is 0.000000260. The average Bonchev–Trinajstić information content (AvgIpc) is 4.11. The zero-order valence-corrected chi connectivity index (χ0v) is 28.8. The molecule has 246 valence electrons. The van der Waals surface area contributed by atoms with Crippen molar-refractivity contribution in [2.24, 2.45) is 23.7 Å². The second kappa shape index (κ2) is 13.2. The van der Waals surface area contributed by atoms with E-state index in [1.165, 1.54) is 56.7 Å². The third-order valence-electron chi connectivity index (χ3n) is 11.5. The normalized spacial score (nSPS) is 24.9. The van der Waals surface area contributed by atoms with Crippen molar-refractivity contribution in [1.29, 1.82) is 0 Å². The summed E-state index contributed by atoms with van der Waals surface area (Å²) in [5, 5.41) is 2.68. The van der Waals surface area contributed by atoms with Gasteiger partial charge >= 0.3 is 0 Å². The zero-order chi connectivity index (χ0) is 33.4. The van der Waals surface area contributed by atoms with E-state index in [0.29, 0.717) is 29.7 Å². The molecule has 0 amide bonds. The summed E-state index contributed by atoms with van der Waals surface area (Å²) in [6, 6.07) is 35.4. The minimum absolute atomic E-state index is 0.515. The Kier molecular flexibility index (Phi) is 8.09. The van der Waals surface area contributed by atoms with Crippen LogP contribution in [0.1, 0.15) is 30.4 Å². The molecule has 50 heavy (non-hydrogen) atoms. The quantitative estimate of drug-likeness (QED) is 0.205. The number of anilines is 2. The van der Waals surface area contributed by atoms with Crippen LogP contribution >= 0.6 is 0 Å². The van der Waals surface area contributed by atoms with Gasteiger partial charge in [0.05, 0.1) is 0 Å². The lowest BCUT2D eigenvalue weighted by molar-refractivity contribution is 0.747. The zero-order valence-electron chi connectivity index (χ0n) is 28.8. The summed E-state index contributed by atoms with van der Waals surface area (Å²) in [6.07, 6.45) is 32.1. The number of allylic oxidation sites excluding steroid dienone is 13. The van der Waals surface area contributed by atoms with Crippen LogP contribution in [0.2, 0.25) is 0 Å². The number of hydrogen-bond donors (Lipinski definition) is 0. The van der Waals surface area contributed by atoms with Crippen LogP contribution in [-0.2, 0) is 6.42 Å². The second-order valence-electron chi connectivity index (χ2n) is 14.4. The fourth-order valence-corrected chi connectivity index (χ4v) is 8.62. The predicted molar refractivity (Wildman–Crippen MR) is 212 cm³/mol. The highest BCUT2D eigenvalue weighted by Crippen LogP contribution is 2.59. The van der Waals surface area contributed by atoms with Crippen LogP contribution in [-0.4, -0.2) is 13.1 Å². The van der Waals surface area contributed by atoms with Gasteiger partial charge in [-0.1, -0.05) is 140 Å². The van der Waals surface area contributed by atoms with E-state index in [1.807, 2.05) is 0 Å². The lowest BCUT2D eigenvalue weighted by Gasteiger charge is -2.32. The number of rotatable bonds is 6. The van der Waals surface area contributed by atoms with Crippen LogP contribution in [0.4, 0.5) is 11.4 Å². The van der Waals surface area contributed by atoms with Gasteiger partial charge in [0.1, 0.15) is 0 Å². The Morgan fingerprint density at radius 2 is 1.42 bits per heavy atom. The van der Waals surface area contributed by atoms with Crippen LogP contribution in [0.15, 0.2) is 186 Å². The monoisotopic (exact) mass is 648 g/mol. The molecule has 0 saturated heterocycles. The highest BCUT2D eigenvalue weighted by Gasteiger charge is 2.56. The molecule has 4 atom stereocenters. The summed E-state index contributed by atoms with van der Waals surface area (Å²) in [5.74, 6) is 2.51. The fourth-order valence-electron chi connectivity index (χ4n) is 8.62. The van der Waals surface area contributed by atoms with E-state index in [1.54, 1.807) is 5.57 Å². The van der Waals surface area contributed by atoms with Crippen molar-refractivity contribution in [2.75, 3.05) is 16.8 Å². The van der Waals surface area contributed by atoms with Crippen LogP contribution < -0.4 is 9.80 Å². The summed E-state index contributed by atoms with van der Waals surface area (Å²) in [6.45, 7) is 0. The summed E-state index contributed by atoms with van der Waals surface area (Å²) in [4.78, 5) is 5.07. The Bertz CT molecular complexity index is 2150. The molecule has 0 N–H and O–H groups in total. The van der Waals surface area contributed by atoms with Crippen LogP contribution in [0.25, 0.3) is 16.8 Å². The van der Waals surface area contributed by atoms with E-state index >= 15 is 0 Å². The number of fused-ring (bicyclic) bond motifs is 4. The molecule has 4 aromatic rings. The van der Waals surface area contributed by atoms with Gasteiger partial charge in [-0.3, -0.25) is 0 Å². The molecule has 6 aliphatic rings. The molecule has 2 heteroatoms. The largest absolute Gasteiger partial charge is 0.348 e. The molecule has 2 nitrogen and oxygen atoms in total. The molecule has 0 heterocycles. The SMILES string of the molecule is C1=CCc2ccccc2C=C1.CN(C1=CC=C(C2=CC=C(N(c3cccc4ccccc34)C3C4C=CC=CC43)C3CC23)CC1)c1ccccc1. The number of hydrogen-bond acceptors (Lipinski definition) is 2. The number of para-hydroxylation sites is 1. The highest BCUT2D eigenvalue weighted by atomic mass is 15.2. The van der Waals surface area contributed by atoms with Crippen molar-refractivity contribution in [2.45, 2.75) is 31.7 Å². The van der Waals surface area contributed by atoms with E-state index in [0.717, 1.165) is 19.3 Å². The van der Waals surface area contributed by atoms with Gasteiger partial charge in [-0.05, 0) is 89.6 Å². The second-order valence-corrected chi connectivity index (χ2v) is 14.4. The lowest BCUT2D eigenvalue weighted by Crippen LogP contribution is -2.29. The standard InChI is InChI=1S/C37H34N2.C11H10/c1-38(27-12-3-2-4-13-27)28-20-18-26(19-21-28)29-22-23-36(34-24-33(29)34)39(37-31-15-7-8-16-32(31)37)35-17-9-11-25-10-5-6-14-30(25)35;1-2-6-10-8-4-5-9-11(10)7-3-1/h2-18,20,22-23,31-34,37H,19,21,24H2,1H3;1-6,8-9H,7H2. The van der Waals surface area contributed by atoms with Gasteiger partial charge in [0.2, 0.25) is 0 Å². The summed E-state index contributed by atoms with van der Waals surface area (Å²) in [5.41, 5.74) is 11.4. The third kappa shape index (κ3) is 5.83. The predicted octanol–water partition coefficient (Wildman–Crippen LogP) is 11.4. The molecule has 0 radical (unpaired) electrons. The van der Waals surface area contributed by atoms with Gasteiger partial charge in [-0.2, -0.15) is 0 Å². The minimum Gasteiger partial charge on any atom is -0.348 e. The van der Waals surface area contributed by atoms with Gasteiger partial charge < -0.3 is 9.80 Å². The van der Waals surface area contributed by atoms with Gasteiger partial charge in [0.25, 0.3) is 0 Å². The van der Waals surface area contributed by atoms with Crippen LogP contribution in [0.5, 0.6) is 0 Å². The lowest BCUT2D eigenvalue weighted by atomic mass is 9.89. The first-order valence-electron chi connectivity index (χ1n) is 18.4. The molecular weight excluding hydrogens is 605 g/mol. The maximum atomic E-state index is 2.73. The van der Waals surface area contributed by atoms with E-state index in [2.05, 4.69) is 187 Å². The van der Waals surface area contributed by atoms with Crippen molar-refractivity contribution >= 4 is 28.2 Å². The maximum absolute atomic E-state index is 2.73. The number of benzene rings is 4. The van der Waals surface area contributed by atoms with Gasteiger partial charge in [0.15, 0.2) is 0 Å². The smallest absolute Gasteiger partial charge is 0.0491 e. The average molecular weight is 649 g/mol. The van der Waals surface area contributed by atoms with Gasteiger partial charge in [-0.15, -0.1) is 0 Å². The van der Waals surface area contributed by atoms with Crippen LogP contribution in [0, 0.1) is 23.7 Å². The molecule has 0 aromatic heterocycles. The van der Waals surface area contributed by atoms with Crippen molar-refractivity contribution in [1.82, 2.24) is 0 Å². The van der Waals surface area contributed by atoms with Crippen molar-refractivity contribution in [3.8, 4) is 0 Å². The van der Waals surface area contributed by atoms with Gasteiger partial charge in [-0.25, -0.2) is 0 Å². The first-order valence-corrected chi connectivity index (χ1v) is 18.4. The Hall–Kier alpha value is -5.34. The summed E-state index contributed by atoms with van der Waals surface area (Å²) in [7, 11) is 2.19. The Labute approximate surface area is 297 Å². The molecule has 2 fully saturated rings. The topological polar surface area (TPSA) is 6.48 Å². The van der Waals surface area contributed by atoms with E-state index < -0.39 is 0 Å². The first kappa shape index (κ1) is 30.7.